The fourth-order valence-corrected chi connectivity index (χ4v) is 8.72. The summed E-state index contributed by atoms with van der Waals surface area (Å²) < 4.78 is 9.37. The van der Waals surface area contributed by atoms with Gasteiger partial charge >= 0.3 is 0 Å². The van der Waals surface area contributed by atoms with Crippen LogP contribution in [-0.2, 0) is 0 Å². The fraction of sp³-hybridized carbons (Fsp3) is 0.0385. The van der Waals surface area contributed by atoms with Gasteiger partial charge in [0.1, 0.15) is 5.58 Å². The topological polar surface area (TPSA) is 21.3 Å². The van der Waals surface area contributed by atoms with Crippen LogP contribution in [0.25, 0.3) is 82.1 Å². The predicted octanol–water partition coefficient (Wildman–Crippen LogP) is 14.7. The molecule has 0 bridgehead atoms. The van der Waals surface area contributed by atoms with Crippen molar-refractivity contribution in [3.05, 3.63) is 193 Å². The lowest BCUT2D eigenvalue weighted by Gasteiger charge is -2.28. The van der Waals surface area contributed by atoms with Crippen molar-refractivity contribution in [3.63, 3.8) is 0 Å². The quantitative estimate of drug-likeness (QED) is 0.178. The van der Waals surface area contributed by atoms with Crippen molar-refractivity contribution < 1.29 is 4.42 Å². The number of hydrogen-bond donors (Lipinski definition) is 0. The third-order valence-corrected chi connectivity index (χ3v) is 11.3. The normalized spacial score (nSPS) is 11.8. The molecule has 0 spiro atoms. The maximum atomic E-state index is 6.98. The van der Waals surface area contributed by atoms with E-state index in [9.17, 15) is 0 Å². The van der Waals surface area contributed by atoms with E-state index in [-0.39, 0.29) is 0 Å². The van der Waals surface area contributed by atoms with Gasteiger partial charge in [-0.25, -0.2) is 0 Å². The molecule has 0 atom stereocenters. The predicted molar refractivity (Wildman–Crippen MR) is 233 cm³/mol. The third-order valence-electron chi connectivity index (χ3n) is 11.3. The lowest BCUT2D eigenvalue weighted by Crippen LogP contribution is -2.11. The number of anilines is 3. The minimum atomic E-state index is 0.863. The van der Waals surface area contributed by atoms with Gasteiger partial charge < -0.3 is 13.9 Å². The summed E-state index contributed by atoms with van der Waals surface area (Å²) in [5.74, 6) is 0. The molecule has 9 aromatic carbocycles. The van der Waals surface area contributed by atoms with Gasteiger partial charge in [0.2, 0.25) is 0 Å². The first-order valence-corrected chi connectivity index (χ1v) is 18.9. The molecule has 2 aromatic heterocycles. The Morgan fingerprint density at radius 2 is 1.05 bits per heavy atom. The van der Waals surface area contributed by atoms with Crippen molar-refractivity contribution in [3.8, 4) is 16.8 Å². The molecule has 0 unspecified atom stereocenters. The van der Waals surface area contributed by atoms with Gasteiger partial charge in [-0.05, 0) is 102 Å². The van der Waals surface area contributed by atoms with E-state index in [4.69, 9.17) is 4.42 Å². The molecular weight excluding hydrogens is 669 g/mol. The second-order valence-electron chi connectivity index (χ2n) is 14.7. The van der Waals surface area contributed by atoms with Crippen molar-refractivity contribution in [2.45, 2.75) is 13.8 Å². The van der Waals surface area contributed by atoms with Crippen LogP contribution in [0, 0.1) is 13.8 Å². The van der Waals surface area contributed by atoms with E-state index in [1.807, 2.05) is 0 Å². The smallest absolute Gasteiger partial charge is 0.159 e. The van der Waals surface area contributed by atoms with Crippen LogP contribution in [0.4, 0.5) is 17.1 Å². The van der Waals surface area contributed by atoms with Gasteiger partial charge in [-0.1, -0.05) is 126 Å². The average molecular weight is 705 g/mol. The van der Waals surface area contributed by atoms with E-state index >= 15 is 0 Å². The van der Waals surface area contributed by atoms with E-state index in [2.05, 4.69) is 205 Å². The zero-order chi connectivity index (χ0) is 36.6. The average Bonchev–Trinajstić information content (AvgIpc) is 3.77. The number of para-hydroxylation sites is 1. The van der Waals surface area contributed by atoms with E-state index < -0.39 is 0 Å². The van der Waals surface area contributed by atoms with Gasteiger partial charge in [-0.15, -0.1) is 0 Å². The number of rotatable bonds is 5. The number of nitrogens with zero attached hydrogens (tertiary/aromatic N) is 2. The summed E-state index contributed by atoms with van der Waals surface area (Å²) in [6.07, 6.45) is 0. The molecule has 3 heteroatoms. The first-order chi connectivity index (χ1) is 27.1. The van der Waals surface area contributed by atoms with Crippen LogP contribution < -0.4 is 4.90 Å². The molecule has 0 amide bonds. The highest BCUT2D eigenvalue weighted by atomic mass is 16.3. The molecule has 0 saturated carbocycles. The SMILES string of the molecule is Cc1ccc2c(c1)c1cc(C)ccc1n2-c1ccc(N(c2ccc(-c3ccccc3)c3ccccc23)c2cccc3c2oc2c4ccccc4ccc32)cc1. The number of aryl methyl sites for hydroxylation is 2. The largest absolute Gasteiger partial charge is 0.453 e. The van der Waals surface area contributed by atoms with Gasteiger partial charge in [-0.2, -0.15) is 0 Å². The van der Waals surface area contributed by atoms with Crippen LogP contribution in [0.1, 0.15) is 11.1 Å². The Labute approximate surface area is 318 Å². The molecule has 260 valence electrons. The molecule has 3 nitrogen and oxygen atoms in total. The number of furan rings is 1. The Morgan fingerprint density at radius 3 is 1.80 bits per heavy atom. The van der Waals surface area contributed by atoms with Crippen molar-refractivity contribution in [1.29, 1.82) is 0 Å². The second-order valence-corrected chi connectivity index (χ2v) is 14.7. The van der Waals surface area contributed by atoms with Crippen LogP contribution in [0.3, 0.4) is 0 Å². The molecule has 11 rings (SSSR count). The second kappa shape index (κ2) is 12.2. The Bertz CT molecular complexity index is 3220. The van der Waals surface area contributed by atoms with Crippen LogP contribution >= 0.6 is 0 Å². The zero-order valence-electron chi connectivity index (χ0n) is 30.6. The molecule has 0 fully saturated rings. The molecule has 0 saturated heterocycles. The highest BCUT2D eigenvalue weighted by molar-refractivity contribution is 6.18. The van der Waals surface area contributed by atoms with E-state index in [0.717, 1.165) is 50.1 Å². The van der Waals surface area contributed by atoms with Crippen molar-refractivity contribution in [2.75, 3.05) is 4.90 Å². The Kier molecular flexibility index (Phi) is 6.99. The molecule has 0 N–H and O–H groups in total. The highest BCUT2D eigenvalue weighted by Gasteiger charge is 2.23. The molecule has 0 aliphatic heterocycles. The van der Waals surface area contributed by atoms with Crippen LogP contribution in [0.2, 0.25) is 0 Å². The monoisotopic (exact) mass is 704 g/mol. The molecule has 55 heavy (non-hydrogen) atoms. The zero-order valence-corrected chi connectivity index (χ0v) is 30.6. The molecule has 2 heterocycles. The minimum Gasteiger partial charge on any atom is -0.453 e. The summed E-state index contributed by atoms with van der Waals surface area (Å²) in [5.41, 5.74) is 13.4. The third kappa shape index (κ3) is 4.90. The Balaban J connectivity index is 1.16. The van der Waals surface area contributed by atoms with Crippen LogP contribution in [0.15, 0.2) is 186 Å². The maximum absolute atomic E-state index is 6.98. The minimum absolute atomic E-state index is 0.863. The maximum Gasteiger partial charge on any atom is 0.159 e. The van der Waals surface area contributed by atoms with Crippen LogP contribution in [-0.4, -0.2) is 4.57 Å². The van der Waals surface area contributed by atoms with Crippen LogP contribution in [0.5, 0.6) is 0 Å². The van der Waals surface area contributed by atoms with Gasteiger partial charge in [-0.3, -0.25) is 0 Å². The summed E-state index contributed by atoms with van der Waals surface area (Å²) in [4.78, 5) is 2.38. The lowest BCUT2D eigenvalue weighted by molar-refractivity contribution is 0.673. The Hall–Kier alpha value is -7.10. The van der Waals surface area contributed by atoms with Gasteiger partial charge in [0.05, 0.1) is 22.4 Å². The lowest BCUT2D eigenvalue weighted by atomic mass is 9.96. The van der Waals surface area contributed by atoms with Gasteiger partial charge in [0.15, 0.2) is 5.58 Å². The molecule has 11 aromatic rings. The summed E-state index contributed by atoms with van der Waals surface area (Å²) in [6.45, 7) is 4.34. The number of fused-ring (bicyclic) bond motifs is 9. The first kappa shape index (κ1) is 31.4. The van der Waals surface area contributed by atoms with Crippen molar-refractivity contribution in [2.24, 2.45) is 0 Å². The summed E-state index contributed by atoms with van der Waals surface area (Å²) in [6, 6.07) is 66.0. The number of hydrogen-bond acceptors (Lipinski definition) is 2. The highest BCUT2D eigenvalue weighted by Crippen LogP contribution is 2.47. The van der Waals surface area contributed by atoms with Gasteiger partial charge in [0.25, 0.3) is 0 Å². The standard InChI is InChI=1S/C52H36N2O/c1-33-19-28-48-45(31-33)46-32-34(2)20-29-49(46)53(48)37-22-24-38(25-23-37)54(47-30-27-39(35-11-4-3-5-12-35)41-15-8-9-16-42(41)47)50-18-10-17-43-44-26-21-36-13-6-7-14-40(36)51(44)55-52(43)50/h3-32H,1-2H3. The summed E-state index contributed by atoms with van der Waals surface area (Å²) >= 11 is 0. The Morgan fingerprint density at radius 1 is 0.418 bits per heavy atom. The van der Waals surface area contributed by atoms with Crippen molar-refractivity contribution >= 4 is 82.4 Å². The summed E-state index contributed by atoms with van der Waals surface area (Å²) in [7, 11) is 0. The molecule has 0 aliphatic carbocycles. The fourth-order valence-electron chi connectivity index (χ4n) is 8.72. The molecule has 0 radical (unpaired) electrons. The van der Waals surface area contributed by atoms with E-state index in [0.29, 0.717) is 0 Å². The number of benzene rings is 9. The van der Waals surface area contributed by atoms with Gasteiger partial charge in [0, 0.05) is 43.7 Å². The van der Waals surface area contributed by atoms with E-state index in [1.54, 1.807) is 0 Å². The first-order valence-electron chi connectivity index (χ1n) is 18.9. The molecular formula is C52H36N2O. The number of aromatic nitrogens is 1. The van der Waals surface area contributed by atoms with Crippen molar-refractivity contribution in [1.82, 2.24) is 4.57 Å². The summed E-state index contributed by atoms with van der Waals surface area (Å²) in [5, 5.41) is 9.42. The molecule has 0 aliphatic rings. The van der Waals surface area contributed by atoms with E-state index in [1.165, 1.54) is 60.2 Å².